The van der Waals surface area contributed by atoms with Crippen molar-refractivity contribution in [3.63, 3.8) is 0 Å². The van der Waals surface area contributed by atoms with Gasteiger partial charge in [0.1, 0.15) is 11.9 Å². The van der Waals surface area contributed by atoms with Crippen molar-refractivity contribution in [3.05, 3.63) is 64.5 Å². The van der Waals surface area contributed by atoms with Crippen molar-refractivity contribution < 1.29 is 22.6 Å². The highest BCUT2D eigenvalue weighted by atomic mass is 19.2. The highest BCUT2D eigenvalue weighted by molar-refractivity contribution is 5.41. The number of halogens is 3. The predicted octanol–water partition coefficient (Wildman–Crippen LogP) is 5.51. The molecule has 28 heavy (non-hydrogen) atoms. The Kier molecular flexibility index (Phi) is 5.32. The van der Waals surface area contributed by atoms with Crippen LogP contribution in [0.25, 0.3) is 0 Å². The molecule has 2 aromatic rings. The second-order valence-corrected chi connectivity index (χ2v) is 7.36. The van der Waals surface area contributed by atoms with Crippen LogP contribution in [0.2, 0.25) is 0 Å². The van der Waals surface area contributed by atoms with Crippen LogP contribution < -0.4 is 4.74 Å². The lowest BCUT2D eigenvalue weighted by atomic mass is 9.78. The van der Waals surface area contributed by atoms with Gasteiger partial charge in [0.25, 0.3) is 0 Å². The molecule has 0 amide bonds. The van der Waals surface area contributed by atoms with Gasteiger partial charge in [0.2, 0.25) is 5.82 Å². The quantitative estimate of drug-likeness (QED) is 0.513. The summed E-state index contributed by atoms with van der Waals surface area (Å²) in [6, 6.07) is 8.26. The average molecular weight is 386 g/mol. The molecule has 1 heterocycles. The first kappa shape index (κ1) is 18.9. The molecule has 0 N–H and O–H groups in total. The minimum absolute atomic E-state index is 0.0420. The van der Waals surface area contributed by atoms with Gasteiger partial charge in [-0.25, -0.2) is 8.78 Å². The van der Waals surface area contributed by atoms with Gasteiger partial charge in [0, 0.05) is 11.5 Å². The van der Waals surface area contributed by atoms with Crippen LogP contribution in [0.4, 0.5) is 13.2 Å². The van der Waals surface area contributed by atoms with Crippen LogP contribution in [0.15, 0.2) is 30.3 Å². The normalized spacial score (nSPS) is 23.6. The van der Waals surface area contributed by atoms with Gasteiger partial charge in [0.05, 0.1) is 19.3 Å². The Morgan fingerprint density at radius 1 is 1.00 bits per heavy atom. The Morgan fingerprint density at radius 3 is 2.39 bits per heavy atom. The van der Waals surface area contributed by atoms with E-state index in [1.807, 2.05) is 12.1 Å². The van der Waals surface area contributed by atoms with Crippen molar-refractivity contribution in [1.82, 2.24) is 0 Å². The van der Waals surface area contributed by atoms with Crippen molar-refractivity contribution in [2.45, 2.75) is 37.7 Å². The summed E-state index contributed by atoms with van der Waals surface area (Å²) in [5.41, 5.74) is 1.69. The SMILES string of the molecule is COc1ccc(C#CC2CCC(c3ccc(C4CO4)c(F)c3)CC2)c(F)c1F. The van der Waals surface area contributed by atoms with Crippen LogP contribution >= 0.6 is 0 Å². The summed E-state index contributed by atoms with van der Waals surface area (Å²) in [6.45, 7) is 0.596. The number of epoxide rings is 1. The van der Waals surface area contributed by atoms with E-state index in [9.17, 15) is 13.2 Å². The van der Waals surface area contributed by atoms with Crippen molar-refractivity contribution in [3.8, 4) is 17.6 Å². The third kappa shape index (κ3) is 3.88. The molecule has 146 valence electrons. The fourth-order valence-electron chi connectivity index (χ4n) is 3.82. The zero-order chi connectivity index (χ0) is 19.7. The van der Waals surface area contributed by atoms with E-state index in [1.54, 1.807) is 6.07 Å². The van der Waals surface area contributed by atoms with Crippen LogP contribution in [-0.2, 0) is 4.74 Å². The minimum atomic E-state index is -1.01. The van der Waals surface area contributed by atoms with Crippen LogP contribution in [0, 0.1) is 35.2 Å². The second-order valence-electron chi connectivity index (χ2n) is 7.36. The number of benzene rings is 2. The summed E-state index contributed by atoms with van der Waals surface area (Å²) in [7, 11) is 1.29. The summed E-state index contributed by atoms with van der Waals surface area (Å²) in [4.78, 5) is 0. The molecule has 1 atom stereocenters. The Balaban J connectivity index is 1.39. The van der Waals surface area contributed by atoms with Gasteiger partial charge in [-0.2, -0.15) is 4.39 Å². The Bertz CT molecular complexity index is 933. The third-order valence-electron chi connectivity index (χ3n) is 5.58. The Morgan fingerprint density at radius 2 is 1.75 bits per heavy atom. The molecule has 2 aromatic carbocycles. The van der Waals surface area contributed by atoms with E-state index in [0.717, 1.165) is 31.2 Å². The fraction of sp³-hybridized carbons (Fsp3) is 0.391. The van der Waals surface area contributed by atoms with Crippen LogP contribution in [-0.4, -0.2) is 13.7 Å². The standard InChI is InChI=1S/C23H21F3O2/c1-27-20-11-9-16(22(25)23(20)26)7-4-14-2-5-15(6-3-14)17-8-10-18(19(24)12-17)21-13-28-21/h8-12,14-15,21H,2-3,5-6,13H2,1H3. The van der Waals surface area contributed by atoms with Gasteiger partial charge in [-0.05, 0) is 55.4 Å². The smallest absolute Gasteiger partial charge is 0.201 e. The first-order valence-electron chi connectivity index (χ1n) is 9.51. The van der Waals surface area contributed by atoms with Gasteiger partial charge in [-0.1, -0.05) is 24.0 Å². The lowest BCUT2D eigenvalue weighted by Gasteiger charge is -2.26. The summed E-state index contributed by atoms with van der Waals surface area (Å²) >= 11 is 0. The molecule has 1 unspecified atom stereocenters. The first-order valence-corrected chi connectivity index (χ1v) is 9.51. The zero-order valence-corrected chi connectivity index (χ0v) is 15.6. The molecule has 4 rings (SSSR count). The van der Waals surface area contributed by atoms with Gasteiger partial charge in [-0.15, -0.1) is 0 Å². The van der Waals surface area contributed by atoms with Crippen LogP contribution in [0.5, 0.6) is 5.75 Å². The summed E-state index contributed by atoms with van der Waals surface area (Å²) in [5, 5.41) is 0. The number of ether oxygens (including phenoxy) is 2. The molecule has 1 aliphatic carbocycles. The molecule has 0 aromatic heterocycles. The highest BCUT2D eigenvalue weighted by Crippen LogP contribution is 2.38. The lowest BCUT2D eigenvalue weighted by molar-refractivity contribution is 0.371. The van der Waals surface area contributed by atoms with E-state index in [1.165, 1.54) is 19.2 Å². The number of methoxy groups -OCH3 is 1. The maximum Gasteiger partial charge on any atom is 0.201 e. The number of hydrogen-bond acceptors (Lipinski definition) is 2. The van der Waals surface area contributed by atoms with E-state index < -0.39 is 11.6 Å². The van der Waals surface area contributed by atoms with Crippen LogP contribution in [0.3, 0.4) is 0 Å². The first-order chi connectivity index (χ1) is 13.6. The van der Waals surface area contributed by atoms with E-state index in [-0.39, 0.29) is 29.2 Å². The molecule has 1 saturated carbocycles. The van der Waals surface area contributed by atoms with Crippen molar-refractivity contribution in [1.29, 1.82) is 0 Å². The van der Waals surface area contributed by atoms with Crippen LogP contribution in [0.1, 0.15) is 54.4 Å². The molecular weight excluding hydrogens is 365 g/mol. The van der Waals surface area contributed by atoms with Crippen molar-refractivity contribution >= 4 is 0 Å². The van der Waals surface area contributed by atoms with Crippen molar-refractivity contribution in [2.75, 3.05) is 13.7 Å². The summed E-state index contributed by atoms with van der Waals surface area (Å²) < 4.78 is 51.9. The van der Waals surface area contributed by atoms with Gasteiger partial charge >= 0.3 is 0 Å². The van der Waals surface area contributed by atoms with E-state index >= 15 is 0 Å². The topological polar surface area (TPSA) is 21.8 Å². The van der Waals surface area contributed by atoms with Gasteiger partial charge < -0.3 is 9.47 Å². The maximum atomic E-state index is 14.2. The molecule has 1 aliphatic heterocycles. The molecule has 5 heteroatoms. The largest absolute Gasteiger partial charge is 0.494 e. The van der Waals surface area contributed by atoms with E-state index in [0.29, 0.717) is 18.1 Å². The average Bonchev–Trinajstić information content (AvgIpc) is 3.55. The summed E-state index contributed by atoms with van der Waals surface area (Å²) in [5.74, 6) is 3.96. The molecule has 0 spiro atoms. The summed E-state index contributed by atoms with van der Waals surface area (Å²) in [6.07, 6.45) is 3.43. The monoisotopic (exact) mass is 386 g/mol. The van der Waals surface area contributed by atoms with Gasteiger partial charge in [-0.3, -0.25) is 0 Å². The molecule has 2 nitrogen and oxygen atoms in total. The predicted molar refractivity (Wildman–Crippen MR) is 99.6 cm³/mol. The lowest BCUT2D eigenvalue weighted by Crippen LogP contribution is -2.12. The van der Waals surface area contributed by atoms with E-state index in [4.69, 9.17) is 9.47 Å². The second kappa shape index (κ2) is 7.89. The molecule has 0 bridgehead atoms. The molecule has 0 radical (unpaired) electrons. The highest BCUT2D eigenvalue weighted by Gasteiger charge is 2.29. The molecule has 1 saturated heterocycles. The number of hydrogen-bond donors (Lipinski definition) is 0. The minimum Gasteiger partial charge on any atom is -0.494 e. The Labute approximate surface area is 162 Å². The molecular formula is C23H21F3O2. The van der Waals surface area contributed by atoms with Crippen molar-refractivity contribution in [2.24, 2.45) is 5.92 Å². The Hall–Kier alpha value is -2.45. The third-order valence-corrected chi connectivity index (χ3v) is 5.58. The maximum absolute atomic E-state index is 14.2. The fourth-order valence-corrected chi connectivity index (χ4v) is 3.82. The zero-order valence-electron chi connectivity index (χ0n) is 15.6. The van der Waals surface area contributed by atoms with E-state index in [2.05, 4.69) is 11.8 Å². The molecule has 2 aliphatic rings. The molecule has 2 fully saturated rings. The number of rotatable bonds is 3. The van der Waals surface area contributed by atoms with Gasteiger partial charge in [0.15, 0.2) is 11.6 Å².